The van der Waals surface area contributed by atoms with Crippen molar-refractivity contribution in [2.75, 3.05) is 57.1 Å². The number of nitrogens with two attached hydrogens (primary N) is 1. The molecule has 16 heteroatoms. The number of carbonyl (C=O) groups excluding carboxylic acids is 1. The number of fused-ring (bicyclic) bond motifs is 3. The zero-order chi connectivity index (χ0) is 34.5. The molecule has 1 amide bonds. The van der Waals surface area contributed by atoms with E-state index in [-0.39, 0.29) is 105 Å². The Morgan fingerprint density at radius 1 is 1.21 bits per heavy atom. The van der Waals surface area contributed by atoms with Crippen LogP contribution in [0.3, 0.4) is 0 Å². The molecule has 6 rings (SSSR count). The second-order valence-electron chi connectivity index (χ2n) is 12.2. The molecule has 0 aliphatic carbocycles. The fraction of sp³-hybridized carbons (Fsp3) is 0.469. The van der Waals surface area contributed by atoms with E-state index in [4.69, 9.17) is 20.2 Å². The van der Waals surface area contributed by atoms with Crippen molar-refractivity contribution in [2.45, 2.75) is 50.6 Å². The number of hydrogen-bond acceptors (Lipinski definition) is 10. The summed E-state index contributed by atoms with van der Waals surface area (Å²) in [5, 5.41) is 9.90. The lowest BCUT2D eigenvalue weighted by Gasteiger charge is -2.41. The number of pyridine rings is 1. The third-order valence-electron chi connectivity index (χ3n) is 9.02. The summed E-state index contributed by atoms with van der Waals surface area (Å²) in [5.74, 6) is -1.59. The molecule has 48 heavy (non-hydrogen) atoms. The van der Waals surface area contributed by atoms with Crippen molar-refractivity contribution in [1.82, 2.24) is 24.8 Å². The van der Waals surface area contributed by atoms with Crippen LogP contribution in [0.5, 0.6) is 11.8 Å². The van der Waals surface area contributed by atoms with Gasteiger partial charge in [-0.15, -0.1) is 0 Å². The minimum Gasteiger partial charge on any atom is -0.492 e. The molecule has 0 bridgehead atoms. The molecule has 3 atom stereocenters. The molecule has 2 N–H and O–H groups in total. The zero-order valence-corrected chi connectivity index (χ0v) is 26.3. The van der Waals surface area contributed by atoms with Crippen LogP contribution in [0.15, 0.2) is 24.5 Å². The Morgan fingerprint density at radius 3 is 2.65 bits per heavy atom. The zero-order valence-electron chi connectivity index (χ0n) is 26.3. The predicted octanol–water partition coefficient (Wildman–Crippen LogP) is 4.37. The van der Waals surface area contributed by atoms with Crippen molar-refractivity contribution in [3.05, 3.63) is 41.2 Å². The van der Waals surface area contributed by atoms with Crippen LogP contribution in [0.4, 0.5) is 33.6 Å². The lowest BCUT2D eigenvalue weighted by molar-refractivity contribution is -0.137. The molecule has 11 nitrogen and oxygen atoms in total. The molecular weight excluding hydrogens is 639 g/mol. The summed E-state index contributed by atoms with van der Waals surface area (Å²) >= 11 is 0. The smallest absolute Gasteiger partial charge is 0.418 e. The molecule has 0 spiro atoms. The predicted molar refractivity (Wildman–Crippen MR) is 166 cm³/mol. The van der Waals surface area contributed by atoms with Gasteiger partial charge in [-0.1, -0.05) is 6.58 Å². The summed E-state index contributed by atoms with van der Waals surface area (Å²) < 4.78 is 83.3. The quantitative estimate of drug-likeness (QED) is 0.285. The molecular formula is C32H33F5N8O3. The molecule has 1 aromatic carbocycles. The summed E-state index contributed by atoms with van der Waals surface area (Å²) in [5.41, 5.74) is 5.35. The summed E-state index contributed by atoms with van der Waals surface area (Å²) in [6.07, 6.45) is -5.37. The van der Waals surface area contributed by atoms with E-state index in [0.717, 1.165) is 0 Å². The van der Waals surface area contributed by atoms with Crippen LogP contribution in [-0.4, -0.2) is 95.4 Å². The van der Waals surface area contributed by atoms with Crippen molar-refractivity contribution in [2.24, 2.45) is 0 Å². The van der Waals surface area contributed by atoms with Gasteiger partial charge in [0.15, 0.2) is 5.83 Å². The van der Waals surface area contributed by atoms with Gasteiger partial charge in [0, 0.05) is 49.8 Å². The summed E-state index contributed by atoms with van der Waals surface area (Å²) in [4.78, 5) is 30.8. The van der Waals surface area contributed by atoms with Crippen molar-refractivity contribution < 1.29 is 36.2 Å². The van der Waals surface area contributed by atoms with Gasteiger partial charge in [0.1, 0.15) is 30.2 Å². The van der Waals surface area contributed by atoms with Crippen LogP contribution < -0.4 is 20.1 Å². The van der Waals surface area contributed by atoms with Crippen LogP contribution >= 0.6 is 0 Å². The molecule has 3 aliphatic rings. The molecule has 254 valence electrons. The Labute approximate surface area is 272 Å². The number of anilines is 2. The largest absolute Gasteiger partial charge is 0.492 e. The maximum Gasteiger partial charge on any atom is 0.418 e. The van der Waals surface area contributed by atoms with Crippen molar-refractivity contribution in [3.8, 4) is 29.1 Å². The lowest BCUT2D eigenvalue weighted by atomic mass is 9.94. The SMILES string of the molecule is C=C(F)C(=O)N1CCN(c2nc(OC[C@@H]3C[C@@H](F)CN3C)nc3cc(-c4nc(N)cc(C)c4C(F)(F)F)c4c(c23)OCC4)C[C@@H]1CC#N. The topological polar surface area (TPSA) is 134 Å². The van der Waals surface area contributed by atoms with E-state index in [1.807, 2.05) is 11.0 Å². The third kappa shape index (κ3) is 6.14. The van der Waals surface area contributed by atoms with Gasteiger partial charge in [-0.3, -0.25) is 9.69 Å². The number of likely N-dealkylation sites (N-methyl/N-ethyl adjacent to an activating group) is 1. The lowest BCUT2D eigenvalue weighted by Crippen LogP contribution is -2.55. The van der Waals surface area contributed by atoms with Gasteiger partial charge in [-0.05, 0) is 38.1 Å². The number of amides is 1. The second kappa shape index (κ2) is 12.7. The fourth-order valence-corrected chi connectivity index (χ4v) is 6.81. The Kier molecular flexibility index (Phi) is 8.75. The number of nitriles is 1. The number of ether oxygens (including phenoxy) is 2. The molecule has 0 saturated carbocycles. The molecule has 2 aromatic heterocycles. The van der Waals surface area contributed by atoms with Gasteiger partial charge >= 0.3 is 12.2 Å². The highest BCUT2D eigenvalue weighted by Gasteiger charge is 2.40. The van der Waals surface area contributed by atoms with Gasteiger partial charge in [0.2, 0.25) is 0 Å². The Hall–Kier alpha value is -4.78. The number of carbonyl (C=O) groups is 1. The number of aryl methyl sites for hydroxylation is 1. The van der Waals surface area contributed by atoms with Gasteiger partial charge in [-0.25, -0.2) is 13.8 Å². The standard InChI is InChI=1S/C32H33F5N8O3/c1-16-10-24(39)41-27(26(16)32(35,36)37)22-12-23-25(28-21(22)5-9-47-28)29(42-31(40-23)48-15-20-11-18(34)13-43(20)3)44-7-8-45(30(46)17(2)33)19(14-44)4-6-38/h10,12,18-20H,2,4-5,7-9,11,13-15H2,1,3H3,(H2,39,41)/t18-,19+,20+/m1/s1. The highest BCUT2D eigenvalue weighted by molar-refractivity contribution is 6.01. The number of halogens is 5. The minimum atomic E-state index is -4.74. The van der Waals surface area contributed by atoms with Crippen LogP contribution in [-0.2, 0) is 17.4 Å². The van der Waals surface area contributed by atoms with Crippen LogP contribution in [0.1, 0.15) is 29.5 Å². The number of alkyl halides is 4. The Bertz CT molecular complexity index is 1830. The number of aromatic nitrogens is 3. The van der Waals surface area contributed by atoms with Crippen molar-refractivity contribution in [3.63, 3.8) is 0 Å². The van der Waals surface area contributed by atoms with E-state index in [0.29, 0.717) is 16.8 Å². The van der Waals surface area contributed by atoms with Crippen LogP contribution in [0.25, 0.3) is 22.2 Å². The molecule has 0 radical (unpaired) electrons. The van der Waals surface area contributed by atoms with E-state index in [2.05, 4.69) is 16.5 Å². The minimum absolute atomic E-state index is 0.0309. The van der Waals surface area contributed by atoms with Crippen molar-refractivity contribution in [1.29, 1.82) is 5.26 Å². The maximum absolute atomic E-state index is 14.4. The number of likely N-dealkylation sites (tertiary alicyclic amines) is 1. The van der Waals surface area contributed by atoms with E-state index in [1.165, 1.54) is 24.0 Å². The summed E-state index contributed by atoms with van der Waals surface area (Å²) in [7, 11) is 1.77. The molecule has 3 aromatic rings. The first-order valence-electron chi connectivity index (χ1n) is 15.4. The van der Waals surface area contributed by atoms with E-state index in [1.54, 1.807) is 11.9 Å². The second-order valence-corrected chi connectivity index (χ2v) is 12.2. The summed E-state index contributed by atoms with van der Waals surface area (Å²) in [6, 6.07) is 3.58. The summed E-state index contributed by atoms with van der Waals surface area (Å²) in [6.45, 7) is 5.13. The molecule has 0 unspecified atom stereocenters. The van der Waals surface area contributed by atoms with Gasteiger partial charge in [-0.2, -0.15) is 28.4 Å². The van der Waals surface area contributed by atoms with Gasteiger partial charge in [0.05, 0.1) is 47.3 Å². The van der Waals surface area contributed by atoms with E-state index >= 15 is 0 Å². The first kappa shape index (κ1) is 33.1. The molecule has 5 heterocycles. The Balaban J connectivity index is 1.51. The average molecular weight is 673 g/mol. The van der Waals surface area contributed by atoms with Gasteiger partial charge in [0.25, 0.3) is 5.91 Å². The van der Waals surface area contributed by atoms with E-state index in [9.17, 15) is 32.0 Å². The van der Waals surface area contributed by atoms with Crippen LogP contribution in [0, 0.1) is 18.3 Å². The number of nitrogen functional groups attached to an aromatic ring is 1. The molecule has 2 saturated heterocycles. The fourth-order valence-electron chi connectivity index (χ4n) is 6.81. The average Bonchev–Trinajstić information content (AvgIpc) is 3.63. The highest BCUT2D eigenvalue weighted by Crippen LogP contribution is 2.47. The number of rotatable bonds is 7. The maximum atomic E-state index is 14.4. The highest BCUT2D eigenvalue weighted by atomic mass is 19.4. The number of benzene rings is 1. The van der Waals surface area contributed by atoms with Crippen LogP contribution in [0.2, 0.25) is 0 Å². The van der Waals surface area contributed by atoms with E-state index < -0.39 is 35.7 Å². The van der Waals surface area contributed by atoms with Crippen molar-refractivity contribution >= 4 is 28.4 Å². The normalized spacial score (nSPS) is 21.2. The van der Waals surface area contributed by atoms with Gasteiger partial charge < -0.3 is 25.0 Å². The number of piperazine rings is 1. The number of hydrogen-bond donors (Lipinski definition) is 1. The third-order valence-corrected chi connectivity index (χ3v) is 9.02. The molecule has 2 fully saturated rings. The Morgan fingerprint density at radius 2 is 1.98 bits per heavy atom. The first-order valence-corrected chi connectivity index (χ1v) is 15.4. The monoisotopic (exact) mass is 672 g/mol. The first-order chi connectivity index (χ1) is 22.8. The molecule has 3 aliphatic heterocycles. The number of nitrogens with zero attached hydrogens (tertiary/aromatic N) is 7.